The minimum Gasteiger partial charge on any atom is -0.469 e. The zero-order chi connectivity index (χ0) is 22.8. The van der Waals surface area contributed by atoms with E-state index in [1.54, 1.807) is 0 Å². The molecule has 5 rings (SSSR count). The summed E-state index contributed by atoms with van der Waals surface area (Å²) < 4.78 is 12.8. The average molecular weight is 451 g/mol. The maximum atomic E-state index is 11.9. The molecule has 33 heavy (non-hydrogen) atoms. The van der Waals surface area contributed by atoms with Gasteiger partial charge in [-0.1, -0.05) is 12.1 Å². The monoisotopic (exact) mass is 450 g/mol. The number of fused-ring (bicyclic) bond motifs is 1. The molecule has 2 fully saturated rings. The smallest absolute Gasteiger partial charge is 0.308 e. The minimum atomic E-state index is -0.135. The zero-order valence-electron chi connectivity index (χ0n) is 19.2. The van der Waals surface area contributed by atoms with Gasteiger partial charge in [-0.2, -0.15) is 10.1 Å². The highest BCUT2D eigenvalue weighted by molar-refractivity contribution is 5.91. The highest BCUT2D eigenvalue weighted by Gasteiger charge is 2.27. The number of ether oxygens (including phenoxy) is 2. The second-order valence-electron chi connectivity index (χ2n) is 8.74. The Labute approximate surface area is 193 Å². The van der Waals surface area contributed by atoms with Gasteiger partial charge in [0.05, 0.1) is 18.5 Å². The van der Waals surface area contributed by atoms with Crippen molar-refractivity contribution in [3.8, 4) is 0 Å². The van der Waals surface area contributed by atoms with Crippen LogP contribution in [-0.4, -0.2) is 52.5 Å². The summed E-state index contributed by atoms with van der Waals surface area (Å²) in [7, 11) is 1.45. The summed E-state index contributed by atoms with van der Waals surface area (Å²) >= 11 is 0. The normalized spacial score (nSPS) is 19.6. The molecule has 4 heterocycles. The molecule has 1 unspecified atom stereocenters. The molecule has 9 nitrogen and oxygen atoms in total. The fraction of sp³-hybridized carbons (Fsp3) is 0.500. The number of piperidine rings is 1. The SMILES string of the molecule is COC(=O)C1CCN(c2nc(Nc3cc(C)n(C4CCCCO4)n3)c3ccccc3n2)CC1. The highest BCUT2D eigenvalue weighted by atomic mass is 16.5. The topological polar surface area (TPSA) is 94.4 Å². The molecule has 0 amide bonds. The van der Waals surface area contributed by atoms with Crippen LogP contribution in [0.2, 0.25) is 0 Å². The number of anilines is 3. The molecule has 0 bridgehead atoms. The van der Waals surface area contributed by atoms with Crippen molar-refractivity contribution in [1.29, 1.82) is 0 Å². The fourth-order valence-electron chi connectivity index (χ4n) is 4.66. The summed E-state index contributed by atoms with van der Waals surface area (Å²) in [5.41, 5.74) is 1.92. The van der Waals surface area contributed by atoms with Crippen LogP contribution in [-0.2, 0) is 14.3 Å². The third-order valence-corrected chi connectivity index (χ3v) is 6.50. The van der Waals surface area contributed by atoms with Gasteiger partial charge in [-0.25, -0.2) is 9.67 Å². The van der Waals surface area contributed by atoms with Gasteiger partial charge in [0.25, 0.3) is 0 Å². The number of methoxy groups -OCH3 is 1. The van der Waals surface area contributed by atoms with Gasteiger partial charge < -0.3 is 19.7 Å². The van der Waals surface area contributed by atoms with Crippen LogP contribution in [0, 0.1) is 12.8 Å². The quantitative estimate of drug-likeness (QED) is 0.584. The molecule has 2 aromatic heterocycles. The van der Waals surface area contributed by atoms with E-state index in [1.165, 1.54) is 7.11 Å². The molecule has 3 aromatic rings. The lowest BCUT2D eigenvalue weighted by Gasteiger charge is -2.31. The molecule has 174 valence electrons. The van der Waals surface area contributed by atoms with Crippen LogP contribution in [0.25, 0.3) is 10.9 Å². The van der Waals surface area contributed by atoms with E-state index in [0.717, 1.165) is 66.9 Å². The molecule has 1 atom stereocenters. The molecule has 0 radical (unpaired) electrons. The molecule has 2 saturated heterocycles. The predicted octanol–water partition coefficient (Wildman–Crippen LogP) is 3.97. The van der Waals surface area contributed by atoms with E-state index >= 15 is 0 Å². The first-order valence-corrected chi connectivity index (χ1v) is 11.7. The maximum Gasteiger partial charge on any atom is 0.308 e. The summed E-state index contributed by atoms with van der Waals surface area (Å²) in [6.45, 7) is 4.25. The lowest BCUT2D eigenvalue weighted by molar-refractivity contribution is -0.146. The Morgan fingerprint density at radius 2 is 1.97 bits per heavy atom. The van der Waals surface area contributed by atoms with Crippen LogP contribution in [0.4, 0.5) is 17.6 Å². The Morgan fingerprint density at radius 3 is 2.73 bits per heavy atom. The van der Waals surface area contributed by atoms with Crippen molar-refractivity contribution >= 4 is 34.5 Å². The molecule has 0 spiro atoms. The standard InChI is InChI=1S/C24H30N6O3/c1-16-15-20(28-30(16)21-9-5-6-14-33-21)26-22-18-7-3-4-8-19(18)25-24(27-22)29-12-10-17(11-13-29)23(31)32-2/h3-4,7-8,15,17,21H,5-6,9-14H2,1-2H3,(H,25,26,27,28). The van der Waals surface area contributed by atoms with Crippen molar-refractivity contribution in [3.05, 3.63) is 36.0 Å². The summed E-state index contributed by atoms with van der Waals surface area (Å²) in [6.07, 6.45) is 4.69. The third-order valence-electron chi connectivity index (χ3n) is 6.50. The van der Waals surface area contributed by atoms with Gasteiger partial charge in [-0.05, 0) is 51.2 Å². The predicted molar refractivity (Wildman–Crippen MR) is 126 cm³/mol. The van der Waals surface area contributed by atoms with E-state index in [0.29, 0.717) is 19.0 Å². The van der Waals surface area contributed by atoms with Crippen LogP contribution in [0.3, 0.4) is 0 Å². The fourth-order valence-corrected chi connectivity index (χ4v) is 4.66. The van der Waals surface area contributed by atoms with E-state index in [-0.39, 0.29) is 18.1 Å². The Hall–Kier alpha value is -3.20. The van der Waals surface area contributed by atoms with Gasteiger partial charge in [0, 0.05) is 36.8 Å². The second kappa shape index (κ2) is 9.35. The van der Waals surface area contributed by atoms with E-state index in [1.807, 2.05) is 41.9 Å². The van der Waals surface area contributed by atoms with Crippen molar-refractivity contribution in [2.45, 2.75) is 45.3 Å². The molecule has 1 aromatic carbocycles. The molecule has 2 aliphatic rings. The number of nitrogens with one attached hydrogen (secondary N) is 1. The van der Waals surface area contributed by atoms with Gasteiger partial charge in [0.1, 0.15) is 5.82 Å². The zero-order valence-corrected chi connectivity index (χ0v) is 19.2. The summed E-state index contributed by atoms with van der Waals surface area (Å²) in [4.78, 5) is 23.7. The first-order chi connectivity index (χ1) is 16.1. The number of hydrogen-bond acceptors (Lipinski definition) is 8. The number of benzene rings is 1. The number of esters is 1. The second-order valence-corrected chi connectivity index (χ2v) is 8.74. The number of carbonyl (C=O) groups is 1. The highest BCUT2D eigenvalue weighted by Crippen LogP contribution is 2.30. The summed E-state index contributed by atoms with van der Waals surface area (Å²) in [5.74, 6) is 1.93. The molecule has 0 aliphatic carbocycles. The van der Waals surface area contributed by atoms with Gasteiger partial charge in [0.2, 0.25) is 5.95 Å². The van der Waals surface area contributed by atoms with Crippen molar-refractivity contribution in [3.63, 3.8) is 0 Å². The van der Waals surface area contributed by atoms with Crippen LogP contribution in [0.5, 0.6) is 0 Å². The van der Waals surface area contributed by atoms with Gasteiger partial charge in [-0.3, -0.25) is 4.79 Å². The number of rotatable bonds is 5. The Morgan fingerprint density at radius 1 is 1.15 bits per heavy atom. The lowest BCUT2D eigenvalue weighted by Crippen LogP contribution is -2.37. The van der Waals surface area contributed by atoms with Crippen molar-refractivity contribution in [2.75, 3.05) is 37.0 Å². The van der Waals surface area contributed by atoms with Crippen molar-refractivity contribution < 1.29 is 14.3 Å². The number of aromatic nitrogens is 4. The van der Waals surface area contributed by atoms with Crippen LogP contribution in [0.15, 0.2) is 30.3 Å². The summed E-state index contributed by atoms with van der Waals surface area (Å²) in [6, 6.07) is 9.99. The molecule has 9 heteroatoms. The molecule has 0 saturated carbocycles. The van der Waals surface area contributed by atoms with Gasteiger partial charge in [0.15, 0.2) is 12.0 Å². The van der Waals surface area contributed by atoms with Crippen LogP contribution >= 0.6 is 0 Å². The number of hydrogen-bond donors (Lipinski definition) is 1. The number of carbonyl (C=O) groups excluding carboxylic acids is 1. The number of nitrogens with zero attached hydrogens (tertiary/aromatic N) is 5. The third kappa shape index (κ3) is 4.50. The first kappa shape index (κ1) is 21.6. The van der Waals surface area contributed by atoms with E-state index in [9.17, 15) is 4.79 Å². The average Bonchev–Trinajstić information content (AvgIpc) is 3.24. The van der Waals surface area contributed by atoms with E-state index in [2.05, 4.69) is 10.2 Å². The lowest BCUT2D eigenvalue weighted by atomic mass is 9.97. The van der Waals surface area contributed by atoms with Crippen LogP contribution < -0.4 is 10.2 Å². The molecular formula is C24H30N6O3. The maximum absolute atomic E-state index is 11.9. The molecule has 1 N–H and O–H groups in total. The van der Waals surface area contributed by atoms with E-state index in [4.69, 9.17) is 24.5 Å². The Kier molecular flexibility index (Phi) is 6.13. The number of para-hydroxylation sites is 1. The first-order valence-electron chi connectivity index (χ1n) is 11.7. The van der Waals surface area contributed by atoms with Gasteiger partial charge >= 0.3 is 5.97 Å². The van der Waals surface area contributed by atoms with E-state index < -0.39 is 0 Å². The Bertz CT molecular complexity index is 1130. The van der Waals surface area contributed by atoms with Crippen LogP contribution in [0.1, 0.15) is 44.0 Å². The van der Waals surface area contributed by atoms with Crippen molar-refractivity contribution in [2.24, 2.45) is 5.92 Å². The molecular weight excluding hydrogens is 420 g/mol. The summed E-state index contributed by atoms with van der Waals surface area (Å²) in [5, 5.41) is 9.13. The Balaban J connectivity index is 1.41. The van der Waals surface area contributed by atoms with Crippen molar-refractivity contribution in [1.82, 2.24) is 19.7 Å². The van der Waals surface area contributed by atoms with Gasteiger partial charge in [-0.15, -0.1) is 0 Å². The minimum absolute atomic E-state index is 0.0110. The largest absolute Gasteiger partial charge is 0.469 e. The molecule has 2 aliphatic heterocycles. The number of aryl methyl sites for hydroxylation is 1.